The number of nitrogens with one attached hydrogen (secondary N) is 1. The Balaban J connectivity index is 2.06. The van der Waals surface area contributed by atoms with Crippen LogP contribution in [0.25, 0.3) is 5.65 Å². The van der Waals surface area contributed by atoms with Crippen LogP contribution >= 0.6 is 0 Å². The van der Waals surface area contributed by atoms with E-state index in [0.717, 1.165) is 6.07 Å². The molecule has 3 aromatic rings. The second-order valence-corrected chi connectivity index (χ2v) is 6.51. The molecule has 3 rings (SSSR count). The first-order valence-corrected chi connectivity index (χ1v) is 8.04. The highest BCUT2D eigenvalue weighted by Gasteiger charge is 2.24. The fraction of sp³-hybridized carbons (Fsp3) is 0.154. The molecule has 0 bridgehead atoms. The van der Waals surface area contributed by atoms with E-state index < -0.39 is 38.3 Å². The maximum Gasteiger partial charge on any atom is 0.299 e. The molecule has 0 fully saturated rings. The van der Waals surface area contributed by atoms with Gasteiger partial charge < -0.3 is 0 Å². The van der Waals surface area contributed by atoms with E-state index in [-0.39, 0.29) is 5.65 Å². The van der Waals surface area contributed by atoms with E-state index in [1.165, 1.54) is 10.6 Å². The highest BCUT2D eigenvalue weighted by molar-refractivity contribution is 7.92. The Hall–Kier alpha value is -2.69. The highest BCUT2D eigenvalue weighted by Crippen LogP contribution is 2.22. The van der Waals surface area contributed by atoms with Crippen LogP contribution in [-0.4, -0.2) is 28.0 Å². The molecule has 0 saturated heterocycles. The van der Waals surface area contributed by atoms with Crippen molar-refractivity contribution in [2.24, 2.45) is 0 Å². The number of halogens is 3. The minimum atomic E-state index is -4.41. The number of aryl methyl sites for hydroxylation is 2. The zero-order valence-electron chi connectivity index (χ0n) is 12.4. The number of benzene rings is 1. The van der Waals surface area contributed by atoms with Gasteiger partial charge in [0.15, 0.2) is 23.1 Å². The molecule has 0 aliphatic rings. The summed E-state index contributed by atoms with van der Waals surface area (Å²) in [6, 6.07) is 2.88. The molecule has 1 N–H and O–H groups in total. The Kier molecular flexibility index (Phi) is 3.67. The predicted octanol–water partition coefficient (Wildman–Crippen LogP) is 1.96. The predicted molar refractivity (Wildman–Crippen MR) is 77.4 cm³/mol. The summed E-state index contributed by atoms with van der Waals surface area (Å²) >= 11 is 0. The first kappa shape index (κ1) is 16.2. The van der Waals surface area contributed by atoms with Gasteiger partial charge in [0.05, 0.1) is 5.69 Å². The summed E-state index contributed by atoms with van der Waals surface area (Å²) in [6.45, 7) is 3.30. The molecule has 2 heterocycles. The van der Waals surface area contributed by atoms with Crippen molar-refractivity contribution in [3.05, 3.63) is 47.2 Å². The van der Waals surface area contributed by atoms with Crippen molar-refractivity contribution in [3.8, 4) is 0 Å². The van der Waals surface area contributed by atoms with Gasteiger partial charge in [-0.15, -0.1) is 5.10 Å². The van der Waals surface area contributed by atoms with Crippen molar-refractivity contribution in [3.63, 3.8) is 0 Å². The molecule has 7 nitrogen and oxygen atoms in total. The molecule has 11 heteroatoms. The number of aromatic nitrogens is 4. The minimum absolute atomic E-state index is 0.228. The van der Waals surface area contributed by atoms with Gasteiger partial charge in [-0.3, -0.25) is 4.72 Å². The van der Waals surface area contributed by atoms with Crippen LogP contribution in [0.4, 0.5) is 18.9 Å². The van der Waals surface area contributed by atoms with Gasteiger partial charge in [0, 0.05) is 11.8 Å². The molecule has 0 amide bonds. The van der Waals surface area contributed by atoms with Crippen molar-refractivity contribution < 1.29 is 21.6 Å². The van der Waals surface area contributed by atoms with Gasteiger partial charge in [0.2, 0.25) is 0 Å². The molecular formula is C13H10F3N5O2S. The Morgan fingerprint density at radius 2 is 1.79 bits per heavy atom. The number of anilines is 1. The molecule has 0 aliphatic heterocycles. The number of sulfonamides is 1. The Morgan fingerprint density at radius 1 is 1.08 bits per heavy atom. The summed E-state index contributed by atoms with van der Waals surface area (Å²) in [7, 11) is -4.41. The van der Waals surface area contributed by atoms with Crippen LogP contribution in [0.3, 0.4) is 0 Å². The smallest absolute Gasteiger partial charge is 0.274 e. The van der Waals surface area contributed by atoms with Crippen molar-refractivity contribution >= 4 is 21.4 Å². The molecule has 0 atom stereocenters. The number of hydrogen-bond donors (Lipinski definition) is 1. The van der Waals surface area contributed by atoms with Crippen LogP contribution in [0.15, 0.2) is 23.4 Å². The molecule has 0 saturated carbocycles. The number of hydrogen-bond acceptors (Lipinski definition) is 5. The van der Waals surface area contributed by atoms with Crippen molar-refractivity contribution in [1.82, 2.24) is 19.6 Å². The Morgan fingerprint density at radius 3 is 2.50 bits per heavy atom. The summed E-state index contributed by atoms with van der Waals surface area (Å²) in [4.78, 5) is 7.95. The third-order valence-corrected chi connectivity index (χ3v) is 4.26. The van der Waals surface area contributed by atoms with Gasteiger partial charge in [0.1, 0.15) is 5.82 Å². The molecule has 2 aromatic heterocycles. The van der Waals surface area contributed by atoms with Crippen LogP contribution in [0, 0.1) is 31.3 Å². The Labute approximate surface area is 134 Å². The lowest BCUT2D eigenvalue weighted by Crippen LogP contribution is -2.16. The standard InChI is InChI=1S/C13H10F3N5O2S/c1-6-5-10-18-13(19-21(10)7(2)17-6)24(22,23)20-9-4-3-8(14)11(15)12(9)16/h3-5,20H,1-2H3. The van der Waals surface area contributed by atoms with E-state index in [4.69, 9.17) is 0 Å². The van der Waals surface area contributed by atoms with Crippen LogP contribution in [0.2, 0.25) is 0 Å². The van der Waals surface area contributed by atoms with E-state index in [1.54, 1.807) is 18.6 Å². The van der Waals surface area contributed by atoms with Gasteiger partial charge in [-0.1, -0.05) is 0 Å². The van der Waals surface area contributed by atoms with E-state index in [9.17, 15) is 21.6 Å². The molecule has 0 radical (unpaired) electrons. The molecule has 0 aliphatic carbocycles. The number of fused-ring (bicyclic) bond motifs is 1. The molecule has 0 unspecified atom stereocenters. The third kappa shape index (κ3) is 2.66. The maximum atomic E-state index is 13.6. The lowest BCUT2D eigenvalue weighted by atomic mass is 10.3. The summed E-state index contributed by atoms with van der Waals surface area (Å²) < 4.78 is 67.3. The summed E-state index contributed by atoms with van der Waals surface area (Å²) in [6.07, 6.45) is 0. The quantitative estimate of drug-likeness (QED) is 0.724. The average Bonchev–Trinajstić information content (AvgIpc) is 2.93. The molecule has 126 valence electrons. The van der Waals surface area contributed by atoms with Crippen molar-refractivity contribution in [2.75, 3.05) is 4.72 Å². The molecular weight excluding hydrogens is 347 g/mol. The maximum absolute atomic E-state index is 13.6. The van der Waals surface area contributed by atoms with Gasteiger partial charge >= 0.3 is 0 Å². The van der Waals surface area contributed by atoms with E-state index in [0.29, 0.717) is 17.6 Å². The van der Waals surface area contributed by atoms with E-state index in [1.807, 2.05) is 0 Å². The van der Waals surface area contributed by atoms with E-state index >= 15 is 0 Å². The van der Waals surface area contributed by atoms with Crippen molar-refractivity contribution in [1.29, 1.82) is 0 Å². The topological polar surface area (TPSA) is 89.2 Å². The second kappa shape index (κ2) is 5.44. The highest BCUT2D eigenvalue weighted by atomic mass is 32.2. The minimum Gasteiger partial charge on any atom is -0.274 e. The van der Waals surface area contributed by atoms with Gasteiger partial charge in [-0.25, -0.2) is 18.2 Å². The lowest BCUT2D eigenvalue weighted by Gasteiger charge is -2.06. The largest absolute Gasteiger partial charge is 0.299 e. The summed E-state index contributed by atoms with van der Waals surface area (Å²) in [5.74, 6) is -4.47. The second-order valence-electron chi connectivity index (χ2n) is 4.94. The fourth-order valence-electron chi connectivity index (χ4n) is 2.07. The number of nitrogens with zero attached hydrogens (tertiary/aromatic N) is 4. The lowest BCUT2D eigenvalue weighted by molar-refractivity contribution is 0.449. The van der Waals surface area contributed by atoms with Crippen LogP contribution in [-0.2, 0) is 10.0 Å². The summed E-state index contributed by atoms with van der Waals surface area (Å²) in [5.41, 5.74) is 0.0841. The van der Waals surface area contributed by atoms with Gasteiger partial charge in [-0.05, 0) is 26.0 Å². The Bertz CT molecular complexity index is 1070. The zero-order chi connectivity index (χ0) is 17.6. The van der Waals surface area contributed by atoms with E-state index in [2.05, 4.69) is 15.1 Å². The normalized spacial score (nSPS) is 11.9. The average molecular weight is 357 g/mol. The van der Waals surface area contributed by atoms with Crippen molar-refractivity contribution in [2.45, 2.75) is 19.0 Å². The third-order valence-electron chi connectivity index (χ3n) is 3.12. The monoisotopic (exact) mass is 357 g/mol. The zero-order valence-corrected chi connectivity index (χ0v) is 13.2. The number of rotatable bonds is 3. The van der Waals surface area contributed by atoms with Gasteiger partial charge in [0.25, 0.3) is 15.2 Å². The molecule has 1 aromatic carbocycles. The van der Waals surface area contributed by atoms with Crippen LogP contribution < -0.4 is 4.72 Å². The first-order valence-electron chi connectivity index (χ1n) is 6.56. The van der Waals surface area contributed by atoms with Crippen LogP contribution in [0.5, 0.6) is 0 Å². The van der Waals surface area contributed by atoms with Gasteiger partial charge in [-0.2, -0.15) is 17.9 Å². The summed E-state index contributed by atoms with van der Waals surface area (Å²) in [5, 5.41) is 3.14. The molecule has 24 heavy (non-hydrogen) atoms. The SMILES string of the molecule is Cc1cc2nc(S(=O)(=O)Nc3ccc(F)c(F)c3F)nn2c(C)n1. The first-order chi connectivity index (χ1) is 11.2. The molecule has 0 spiro atoms. The fourth-order valence-corrected chi connectivity index (χ4v) is 3.01. The van der Waals surface area contributed by atoms with Crippen LogP contribution in [0.1, 0.15) is 11.5 Å².